The van der Waals surface area contributed by atoms with E-state index >= 15 is 0 Å². The predicted octanol–water partition coefficient (Wildman–Crippen LogP) is 3.00. The van der Waals surface area contributed by atoms with Gasteiger partial charge in [-0.25, -0.2) is 0 Å². The number of ether oxygens (including phenoxy) is 1. The first-order valence-corrected chi connectivity index (χ1v) is 5.32. The van der Waals surface area contributed by atoms with E-state index in [2.05, 4.69) is 32.0 Å². The Bertz CT molecular complexity index is 238. The molecule has 2 heteroatoms. The van der Waals surface area contributed by atoms with Crippen LogP contribution in [0.1, 0.15) is 11.1 Å². The van der Waals surface area contributed by atoms with Crippen molar-refractivity contribution >= 4 is 11.8 Å². The first kappa shape index (κ1) is 9.46. The molecule has 0 unspecified atom stereocenters. The number of hydrogen-bond donors (Lipinski definition) is 0. The van der Waals surface area contributed by atoms with Crippen LogP contribution in [0.5, 0.6) is 5.75 Å². The third kappa shape index (κ3) is 2.78. The van der Waals surface area contributed by atoms with Crippen molar-refractivity contribution in [1.29, 1.82) is 0 Å². The summed E-state index contributed by atoms with van der Waals surface area (Å²) in [6.07, 6.45) is 2.03. The zero-order valence-electron chi connectivity index (χ0n) is 7.76. The summed E-state index contributed by atoms with van der Waals surface area (Å²) in [5.41, 5.74) is 2.51. The first-order chi connectivity index (χ1) is 5.72. The van der Waals surface area contributed by atoms with Crippen molar-refractivity contribution < 1.29 is 4.74 Å². The van der Waals surface area contributed by atoms with Gasteiger partial charge in [-0.15, -0.1) is 11.8 Å². The monoisotopic (exact) mass is 182 g/mol. The fraction of sp³-hybridized carbons (Fsp3) is 0.400. The topological polar surface area (TPSA) is 9.23 Å². The van der Waals surface area contributed by atoms with E-state index in [4.69, 9.17) is 4.74 Å². The molecule has 0 saturated heterocycles. The molecule has 0 aromatic heterocycles. The van der Waals surface area contributed by atoms with Gasteiger partial charge in [0.05, 0.1) is 0 Å². The lowest BCUT2D eigenvalue weighted by Gasteiger charge is -2.05. The molecule has 1 aromatic carbocycles. The van der Waals surface area contributed by atoms with Crippen molar-refractivity contribution in [3.8, 4) is 5.75 Å². The zero-order valence-corrected chi connectivity index (χ0v) is 8.57. The Kier molecular flexibility index (Phi) is 3.48. The summed E-state index contributed by atoms with van der Waals surface area (Å²) in [6, 6.07) is 6.26. The Hall–Kier alpha value is -0.630. The molecule has 0 radical (unpaired) electrons. The molecule has 0 spiro atoms. The molecular weight excluding hydrogens is 168 g/mol. The van der Waals surface area contributed by atoms with Gasteiger partial charge in [-0.2, -0.15) is 0 Å². The summed E-state index contributed by atoms with van der Waals surface area (Å²) in [4.78, 5) is 0. The van der Waals surface area contributed by atoms with E-state index < -0.39 is 0 Å². The zero-order chi connectivity index (χ0) is 8.97. The van der Waals surface area contributed by atoms with Crippen LogP contribution in [0, 0.1) is 13.8 Å². The van der Waals surface area contributed by atoms with Crippen molar-refractivity contribution in [2.24, 2.45) is 0 Å². The molecule has 0 atom stereocenters. The SMILES string of the molecule is CSCOc1cc(C)cc(C)c1. The molecule has 1 nitrogen and oxygen atoms in total. The fourth-order valence-corrected chi connectivity index (χ4v) is 1.40. The highest BCUT2D eigenvalue weighted by atomic mass is 32.2. The van der Waals surface area contributed by atoms with Gasteiger partial charge in [-0.3, -0.25) is 0 Å². The van der Waals surface area contributed by atoms with Gasteiger partial charge in [0.25, 0.3) is 0 Å². The third-order valence-electron chi connectivity index (χ3n) is 1.54. The van der Waals surface area contributed by atoms with Crippen LogP contribution in [0.3, 0.4) is 0 Å². The van der Waals surface area contributed by atoms with E-state index in [9.17, 15) is 0 Å². The van der Waals surface area contributed by atoms with Crippen LogP contribution < -0.4 is 4.74 Å². The van der Waals surface area contributed by atoms with Gasteiger partial charge in [-0.1, -0.05) is 6.07 Å². The highest BCUT2D eigenvalue weighted by Gasteiger charge is 1.95. The third-order valence-corrected chi connectivity index (χ3v) is 1.89. The largest absolute Gasteiger partial charge is 0.483 e. The van der Waals surface area contributed by atoms with E-state index in [-0.39, 0.29) is 0 Å². The molecule has 0 heterocycles. The number of thioether (sulfide) groups is 1. The van der Waals surface area contributed by atoms with Crippen molar-refractivity contribution in [3.05, 3.63) is 29.3 Å². The van der Waals surface area contributed by atoms with Crippen molar-refractivity contribution in [2.45, 2.75) is 13.8 Å². The highest BCUT2D eigenvalue weighted by molar-refractivity contribution is 7.98. The lowest BCUT2D eigenvalue weighted by Crippen LogP contribution is -1.92. The number of rotatable bonds is 3. The molecular formula is C10H14OS. The summed E-state index contributed by atoms with van der Waals surface area (Å²) in [6.45, 7) is 4.16. The summed E-state index contributed by atoms with van der Waals surface area (Å²) in [5, 5.41) is 0. The van der Waals surface area contributed by atoms with Crippen LogP contribution >= 0.6 is 11.8 Å². The maximum Gasteiger partial charge on any atom is 0.133 e. The van der Waals surface area contributed by atoms with Crippen molar-refractivity contribution in [3.63, 3.8) is 0 Å². The van der Waals surface area contributed by atoms with Crippen molar-refractivity contribution in [2.75, 3.05) is 12.2 Å². The summed E-state index contributed by atoms with van der Waals surface area (Å²) < 4.78 is 5.48. The second-order valence-electron chi connectivity index (χ2n) is 2.87. The van der Waals surface area contributed by atoms with E-state index in [0.29, 0.717) is 0 Å². The van der Waals surface area contributed by atoms with Gasteiger partial charge >= 0.3 is 0 Å². The second kappa shape index (κ2) is 4.41. The molecule has 12 heavy (non-hydrogen) atoms. The molecule has 0 aliphatic carbocycles. The molecule has 0 aliphatic rings. The van der Waals surface area contributed by atoms with Crippen LogP contribution in [0.25, 0.3) is 0 Å². The average Bonchev–Trinajstić information content (AvgIpc) is 1.99. The number of hydrogen-bond acceptors (Lipinski definition) is 2. The van der Waals surface area contributed by atoms with E-state index in [1.54, 1.807) is 11.8 Å². The minimum Gasteiger partial charge on any atom is -0.483 e. The van der Waals surface area contributed by atoms with E-state index in [0.717, 1.165) is 11.7 Å². The Morgan fingerprint density at radius 3 is 2.25 bits per heavy atom. The van der Waals surface area contributed by atoms with Crippen LogP contribution in [0.2, 0.25) is 0 Å². The van der Waals surface area contributed by atoms with E-state index in [1.807, 2.05) is 6.26 Å². The molecule has 0 fully saturated rings. The Labute approximate surface area is 78.1 Å². The van der Waals surface area contributed by atoms with Crippen LogP contribution in [-0.4, -0.2) is 12.2 Å². The Morgan fingerprint density at radius 2 is 1.75 bits per heavy atom. The molecule has 0 amide bonds. The average molecular weight is 182 g/mol. The van der Waals surface area contributed by atoms with Gasteiger partial charge in [0, 0.05) is 0 Å². The van der Waals surface area contributed by atoms with Crippen LogP contribution in [-0.2, 0) is 0 Å². The minimum atomic E-state index is 0.725. The van der Waals surface area contributed by atoms with Gasteiger partial charge in [0.2, 0.25) is 0 Å². The molecule has 1 aromatic rings. The smallest absolute Gasteiger partial charge is 0.133 e. The molecule has 0 aliphatic heterocycles. The van der Waals surface area contributed by atoms with E-state index in [1.165, 1.54) is 11.1 Å². The van der Waals surface area contributed by atoms with Gasteiger partial charge in [-0.05, 0) is 43.4 Å². The first-order valence-electron chi connectivity index (χ1n) is 3.92. The molecule has 1 rings (SSSR count). The summed E-state index contributed by atoms with van der Waals surface area (Å²) in [7, 11) is 0. The van der Waals surface area contributed by atoms with Gasteiger partial charge in [0.15, 0.2) is 0 Å². The van der Waals surface area contributed by atoms with Crippen LogP contribution in [0.4, 0.5) is 0 Å². The summed E-state index contributed by atoms with van der Waals surface area (Å²) in [5.74, 6) is 1.70. The standard InChI is InChI=1S/C10H14OS/c1-8-4-9(2)6-10(5-8)11-7-12-3/h4-6H,7H2,1-3H3. The van der Waals surface area contributed by atoms with Gasteiger partial charge < -0.3 is 4.74 Å². The second-order valence-corrected chi connectivity index (χ2v) is 3.69. The normalized spacial score (nSPS) is 9.92. The lowest BCUT2D eigenvalue weighted by molar-refractivity contribution is 0.393. The maximum atomic E-state index is 5.48. The highest BCUT2D eigenvalue weighted by Crippen LogP contribution is 2.16. The Balaban J connectivity index is 2.72. The fourth-order valence-electron chi connectivity index (χ4n) is 1.14. The summed E-state index contributed by atoms with van der Waals surface area (Å²) >= 11 is 1.69. The molecule has 66 valence electrons. The van der Waals surface area contributed by atoms with Gasteiger partial charge in [0.1, 0.15) is 11.7 Å². The quantitative estimate of drug-likeness (QED) is 0.665. The molecule has 0 saturated carbocycles. The number of benzene rings is 1. The maximum absolute atomic E-state index is 5.48. The number of aryl methyl sites for hydroxylation is 2. The van der Waals surface area contributed by atoms with Crippen LogP contribution in [0.15, 0.2) is 18.2 Å². The Morgan fingerprint density at radius 1 is 1.17 bits per heavy atom. The molecule has 0 bridgehead atoms. The minimum absolute atomic E-state index is 0.725. The predicted molar refractivity (Wildman–Crippen MR) is 54.9 cm³/mol. The molecule has 0 N–H and O–H groups in total. The lowest BCUT2D eigenvalue weighted by atomic mass is 10.1. The van der Waals surface area contributed by atoms with Crippen molar-refractivity contribution in [1.82, 2.24) is 0 Å².